The van der Waals surface area contributed by atoms with Gasteiger partial charge in [-0.15, -0.1) is 0 Å². The molecule has 1 atom stereocenters. The number of rotatable bonds is 11. The Morgan fingerprint density at radius 3 is 2.41 bits per heavy atom. The third-order valence-electron chi connectivity index (χ3n) is 9.98. The minimum Gasteiger partial charge on any atom is -0.451 e. The van der Waals surface area contributed by atoms with Crippen LogP contribution in [0.15, 0.2) is 59.0 Å². The number of benzene rings is 2. The van der Waals surface area contributed by atoms with Crippen molar-refractivity contribution in [2.45, 2.75) is 69.4 Å². The van der Waals surface area contributed by atoms with Crippen molar-refractivity contribution >= 4 is 28.7 Å². The van der Waals surface area contributed by atoms with Crippen molar-refractivity contribution in [2.75, 3.05) is 39.4 Å². The van der Waals surface area contributed by atoms with Crippen LogP contribution >= 0.6 is 0 Å². The summed E-state index contributed by atoms with van der Waals surface area (Å²) in [4.78, 5) is 43.5. The van der Waals surface area contributed by atoms with Gasteiger partial charge in [0, 0.05) is 38.1 Å². The van der Waals surface area contributed by atoms with Gasteiger partial charge >= 0.3 is 0 Å². The van der Waals surface area contributed by atoms with E-state index in [4.69, 9.17) is 9.15 Å². The summed E-state index contributed by atoms with van der Waals surface area (Å²) in [5, 5.41) is 9.56. The number of nitrogens with zero attached hydrogens (tertiary/aromatic N) is 1. The lowest BCUT2D eigenvalue weighted by atomic mass is 9.93. The summed E-state index contributed by atoms with van der Waals surface area (Å²) in [6, 6.07) is 14.4. The molecule has 246 valence electrons. The second-order valence-electron chi connectivity index (χ2n) is 13.3. The Labute approximate surface area is 269 Å². The normalized spacial score (nSPS) is 19.9. The molecule has 3 aromatic rings. The first-order valence-corrected chi connectivity index (χ1v) is 16.8. The summed E-state index contributed by atoms with van der Waals surface area (Å²) in [7, 11) is 0. The number of amides is 3. The van der Waals surface area contributed by atoms with E-state index in [1.807, 2.05) is 30.3 Å². The fourth-order valence-electron chi connectivity index (χ4n) is 7.18. The largest absolute Gasteiger partial charge is 0.451 e. The van der Waals surface area contributed by atoms with E-state index in [9.17, 15) is 18.8 Å². The maximum atomic E-state index is 14.0. The monoisotopic (exact) mass is 632 g/mol. The summed E-state index contributed by atoms with van der Waals surface area (Å²) in [6.45, 7) is 5.49. The van der Waals surface area contributed by atoms with E-state index >= 15 is 0 Å². The molecule has 1 aromatic heterocycles. The van der Waals surface area contributed by atoms with Gasteiger partial charge in [0.15, 0.2) is 5.76 Å². The minimum absolute atomic E-state index is 0.0112. The topological polar surface area (TPSA) is 113 Å². The van der Waals surface area contributed by atoms with Gasteiger partial charge in [-0.1, -0.05) is 43.2 Å². The van der Waals surface area contributed by atoms with Gasteiger partial charge in [0.25, 0.3) is 5.91 Å². The van der Waals surface area contributed by atoms with Crippen molar-refractivity contribution in [3.05, 3.63) is 71.7 Å². The summed E-state index contributed by atoms with van der Waals surface area (Å²) >= 11 is 0. The number of nitrogens with one attached hydrogen (secondary N) is 3. The van der Waals surface area contributed by atoms with Crippen LogP contribution in [0, 0.1) is 17.7 Å². The Morgan fingerprint density at radius 2 is 1.67 bits per heavy atom. The van der Waals surface area contributed by atoms with E-state index in [0.29, 0.717) is 48.6 Å². The van der Waals surface area contributed by atoms with Gasteiger partial charge in [-0.2, -0.15) is 0 Å². The summed E-state index contributed by atoms with van der Waals surface area (Å²) < 4.78 is 24.9. The zero-order valence-electron chi connectivity index (χ0n) is 26.4. The SMILES string of the molecule is O=C(NC1(C(=O)N[C@H](Cc2ccccc2)C(=O)NCC2CCN(CC3CCOCC3)CC2)CCCC1)c1cc2cc(F)ccc2o1. The molecule has 9 nitrogen and oxygen atoms in total. The molecule has 0 unspecified atom stereocenters. The Balaban J connectivity index is 1.08. The maximum Gasteiger partial charge on any atom is 0.287 e. The van der Waals surface area contributed by atoms with Gasteiger partial charge < -0.3 is 30.0 Å². The lowest BCUT2D eigenvalue weighted by Gasteiger charge is -2.35. The molecule has 1 saturated carbocycles. The van der Waals surface area contributed by atoms with Gasteiger partial charge in [-0.25, -0.2) is 4.39 Å². The van der Waals surface area contributed by atoms with Gasteiger partial charge in [0.2, 0.25) is 11.8 Å². The molecule has 6 rings (SSSR count). The Kier molecular flexibility index (Phi) is 10.3. The van der Waals surface area contributed by atoms with E-state index < -0.39 is 23.3 Å². The number of fused-ring (bicyclic) bond motifs is 1. The van der Waals surface area contributed by atoms with Crippen LogP contribution in [-0.2, 0) is 20.7 Å². The molecule has 2 saturated heterocycles. The highest BCUT2D eigenvalue weighted by Gasteiger charge is 2.44. The van der Waals surface area contributed by atoms with Crippen LogP contribution in [0.1, 0.15) is 67.5 Å². The van der Waals surface area contributed by atoms with Gasteiger partial charge in [-0.3, -0.25) is 14.4 Å². The molecule has 10 heteroatoms. The van der Waals surface area contributed by atoms with Crippen LogP contribution < -0.4 is 16.0 Å². The molecule has 3 fully saturated rings. The van der Waals surface area contributed by atoms with Crippen molar-refractivity contribution in [2.24, 2.45) is 11.8 Å². The second-order valence-corrected chi connectivity index (χ2v) is 13.3. The summed E-state index contributed by atoms with van der Waals surface area (Å²) in [5.74, 6) is -0.452. The maximum absolute atomic E-state index is 14.0. The average molecular weight is 633 g/mol. The third kappa shape index (κ3) is 7.96. The molecule has 3 N–H and O–H groups in total. The van der Waals surface area contributed by atoms with Crippen LogP contribution in [0.5, 0.6) is 0 Å². The zero-order valence-corrected chi connectivity index (χ0v) is 26.4. The number of carbonyl (C=O) groups is 3. The van der Waals surface area contributed by atoms with Crippen LogP contribution in [0.3, 0.4) is 0 Å². The van der Waals surface area contributed by atoms with Crippen molar-refractivity contribution < 1.29 is 27.9 Å². The van der Waals surface area contributed by atoms with E-state index in [2.05, 4.69) is 20.9 Å². The van der Waals surface area contributed by atoms with Crippen molar-refractivity contribution in [3.8, 4) is 0 Å². The average Bonchev–Trinajstić information content (AvgIpc) is 3.73. The molecule has 3 aliphatic rings. The molecule has 0 spiro atoms. The fraction of sp³-hybridized carbons (Fsp3) is 0.528. The van der Waals surface area contributed by atoms with Crippen LogP contribution in [0.25, 0.3) is 11.0 Å². The smallest absolute Gasteiger partial charge is 0.287 e. The first-order valence-electron chi connectivity index (χ1n) is 16.8. The number of halogens is 1. The highest BCUT2D eigenvalue weighted by molar-refractivity contribution is 6.01. The Hall–Kier alpha value is -3.76. The summed E-state index contributed by atoms with van der Waals surface area (Å²) in [6.07, 6.45) is 7.10. The summed E-state index contributed by atoms with van der Waals surface area (Å²) in [5.41, 5.74) is 0.151. The van der Waals surface area contributed by atoms with E-state index in [-0.39, 0.29) is 17.6 Å². The number of furan rings is 1. The molecule has 2 aromatic carbocycles. The molecule has 3 amide bonds. The lowest BCUT2D eigenvalue weighted by molar-refractivity contribution is -0.132. The van der Waals surface area contributed by atoms with Crippen LogP contribution in [0.2, 0.25) is 0 Å². The van der Waals surface area contributed by atoms with Gasteiger partial charge in [-0.05, 0) is 93.3 Å². The number of ether oxygens (including phenoxy) is 1. The zero-order chi connectivity index (χ0) is 31.9. The molecule has 3 heterocycles. The van der Waals surface area contributed by atoms with Crippen LogP contribution in [-0.4, -0.2) is 73.6 Å². The molecule has 2 aliphatic heterocycles. The predicted molar refractivity (Wildman–Crippen MR) is 173 cm³/mol. The minimum atomic E-state index is -1.17. The molecule has 0 radical (unpaired) electrons. The van der Waals surface area contributed by atoms with Crippen molar-refractivity contribution in [1.82, 2.24) is 20.9 Å². The second kappa shape index (κ2) is 14.8. The molecule has 0 bridgehead atoms. The number of hydrogen-bond donors (Lipinski definition) is 3. The fourth-order valence-corrected chi connectivity index (χ4v) is 7.18. The highest BCUT2D eigenvalue weighted by atomic mass is 19.1. The highest BCUT2D eigenvalue weighted by Crippen LogP contribution is 2.31. The number of hydrogen-bond acceptors (Lipinski definition) is 6. The number of piperidine rings is 1. The first-order chi connectivity index (χ1) is 22.4. The van der Waals surface area contributed by atoms with E-state index in [1.165, 1.54) is 24.3 Å². The molecule has 1 aliphatic carbocycles. The van der Waals surface area contributed by atoms with Crippen molar-refractivity contribution in [1.29, 1.82) is 0 Å². The standard InChI is InChI=1S/C36H45FN4O5/c37-29-8-9-31-28(21-29)22-32(46-31)34(43)40-36(14-4-5-15-36)35(44)39-30(20-25-6-2-1-3-7-25)33(42)38-23-26-10-16-41(17-11-26)24-27-12-18-45-19-13-27/h1-3,6-9,21-22,26-27,30H,4-5,10-20,23-24H2,(H,38,42)(H,39,44)(H,40,43)/t30-/m1/s1. The number of likely N-dealkylation sites (tertiary alicyclic amines) is 1. The lowest BCUT2D eigenvalue weighted by Crippen LogP contribution is -2.61. The number of carbonyl (C=O) groups excluding carboxylic acids is 3. The molecule has 46 heavy (non-hydrogen) atoms. The van der Waals surface area contributed by atoms with Crippen molar-refractivity contribution in [3.63, 3.8) is 0 Å². The molecular weight excluding hydrogens is 587 g/mol. The van der Waals surface area contributed by atoms with E-state index in [1.54, 1.807) is 0 Å². The Morgan fingerprint density at radius 1 is 0.935 bits per heavy atom. The first kappa shape index (κ1) is 32.2. The molecular formula is C36H45FN4O5. The predicted octanol–water partition coefficient (Wildman–Crippen LogP) is 4.60. The third-order valence-corrected chi connectivity index (χ3v) is 9.98. The van der Waals surface area contributed by atoms with Gasteiger partial charge in [0.1, 0.15) is 23.0 Å². The Bertz CT molecular complexity index is 1490. The van der Waals surface area contributed by atoms with E-state index in [0.717, 1.165) is 76.9 Å². The quantitative estimate of drug-likeness (QED) is 0.285. The van der Waals surface area contributed by atoms with Gasteiger partial charge in [0.05, 0.1) is 0 Å². The van der Waals surface area contributed by atoms with Crippen LogP contribution in [0.4, 0.5) is 4.39 Å².